The Kier molecular flexibility index (Phi) is 4.03. The third-order valence-corrected chi connectivity index (χ3v) is 5.47. The van der Waals surface area contributed by atoms with Crippen LogP contribution in [-0.4, -0.2) is 31.6 Å². The molecule has 8 heteroatoms. The molecule has 23 heavy (non-hydrogen) atoms. The standard InChI is InChI=1S/C15H13BrN2O4S/c1-21-13-4-3-12(8-14(13)22-2)23(19,20)18-6-5-10-7-11(16)9-17-15(10)18/h3-9H,1-2H3. The number of ether oxygens (including phenoxy) is 2. The number of hydrogen-bond donors (Lipinski definition) is 0. The number of benzene rings is 1. The summed E-state index contributed by atoms with van der Waals surface area (Å²) >= 11 is 3.32. The van der Waals surface area contributed by atoms with Gasteiger partial charge in [0.25, 0.3) is 10.0 Å². The molecule has 3 rings (SSSR count). The molecule has 0 aliphatic heterocycles. The fourth-order valence-electron chi connectivity index (χ4n) is 2.26. The van der Waals surface area contributed by atoms with Crippen LogP contribution in [0.1, 0.15) is 0 Å². The predicted molar refractivity (Wildman–Crippen MR) is 89.6 cm³/mol. The second-order valence-corrected chi connectivity index (χ2v) is 7.43. The second-order valence-electron chi connectivity index (χ2n) is 4.70. The highest BCUT2D eigenvalue weighted by Crippen LogP contribution is 2.31. The first-order valence-corrected chi connectivity index (χ1v) is 8.81. The molecule has 0 saturated carbocycles. The summed E-state index contributed by atoms with van der Waals surface area (Å²) in [6.45, 7) is 0. The Morgan fingerprint density at radius 2 is 1.83 bits per heavy atom. The molecule has 6 nitrogen and oxygen atoms in total. The van der Waals surface area contributed by atoms with Gasteiger partial charge in [0.1, 0.15) is 0 Å². The normalized spacial score (nSPS) is 11.6. The minimum Gasteiger partial charge on any atom is -0.493 e. The van der Waals surface area contributed by atoms with Crippen LogP contribution in [0.15, 0.2) is 52.1 Å². The van der Waals surface area contributed by atoms with Gasteiger partial charge >= 0.3 is 0 Å². The molecule has 0 bridgehead atoms. The predicted octanol–water partition coefficient (Wildman–Crippen LogP) is 3.05. The molecule has 0 saturated heterocycles. The van der Waals surface area contributed by atoms with Gasteiger partial charge in [-0.15, -0.1) is 0 Å². The molecule has 3 aromatic rings. The molecule has 0 N–H and O–H groups in total. The van der Waals surface area contributed by atoms with Crippen molar-refractivity contribution in [2.24, 2.45) is 0 Å². The Hall–Kier alpha value is -2.06. The highest BCUT2D eigenvalue weighted by atomic mass is 79.9. The summed E-state index contributed by atoms with van der Waals surface area (Å²) in [5.74, 6) is 0.812. The molecule has 0 fully saturated rings. The Balaban J connectivity index is 2.17. The Labute approximate surface area is 141 Å². The van der Waals surface area contributed by atoms with E-state index in [1.807, 2.05) is 6.07 Å². The van der Waals surface area contributed by atoms with Crippen LogP contribution in [0.3, 0.4) is 0 Å². The minimum absolute atomic E-state index is 0.0948. The van der Waals surface area contributed by atoms with Crippen molar-refractivity contribution in [3.8, 4) is 11.5 Å². The lowest BCUT2D eigenvalue weighted by atomic mass is 10.3. The van der Waals surface area contributed by atoms with Crippen molar-refractivity contribution in [1.29, 1.82) is 0 Å². The summed E-state index contributed by atoms with van der Waals surface area (Å²) in [7, 11) is -0.839. The summed E-state index contributed by atoms with van der Waals surface area (Å²) in [5, 5.41) is 0.725. The van der Waals surface area contributed by atoms with Gasteiger partial charge in [0.2, 0.25) is 0 Å². The number of methoxy groups -OCH3 is 2. The minimum atomic E-state index is -3.79. The summed E-state index contributed by atoms with van der Waals surface area (Å²) in [6.07, 6.45) is 3.04. The van der Waals surface area contributed by atoms with E-state index in [0.29, 0.717) is 17.1 Å². The lowest BCUT2D eigenvalue weighted by Crippen LogP contribution is -2.12. The third-order valence-electron chi connectivity index (χ3n) is 3.37. The summed E-state index contributed by atoms with van der Waals surface area (Å²) < 4.78 is 38.0. The molecular weight excluding hydrogens is 384 g/mol. The van der Waals surface area contributed by atoms with Gasteiger partial charge in [0.15, 0.2) is 17.1 Å². The molecule has 1 aromatic carbocycles. The maximum Gasteiger partial charge on any atom is 0.269 e. The van der Waals surface area contributed by atoms with Crippen molar-refractivity contribution in [2.75, 3.05) is 14.2 Å². The zero-order chi connectivity index (χ0) is 16.6. The molecular formula is C15H13BrN2O4S. The van der Waals surface area contributed by atoms with E-state index in [-0.39, 0.29) is 4.90 Å². The summed E-state index contributed by atoms with van der Waals surface area (Å²) in [6, 6.07) is 7.97. The van der Waals surface area contributed by atoms with Crippen LogP contribution in [0.5, 0.6) is 11.5 Å². The van der Waals surface area contributed by atoms with Gasteiger partial charge in [-0.1, -0.05) is 0 Å². The van der Waals surface area contributed by atoms with Crippen LogP contribution in [0.2, 0.25) is 0 Å². The zero-order valence-electron chi connectivity index (χ0n) is 12.4. The van der Waals surface area contributed by atoms with Crippen molar-refractivity contribution < 1.29 is 17.9 Å². The molecule has 0 aliphatic carbocycles. The van der Waals surface area contributed by atoms with Crippen LogP contribution in [0.4, 0.5) is 0 Å². The fourth-order valence-corrected chi connectivity index (χ4v) is 3.93. The molecule has 2 aromatic heterocycles. The topological polar surface area (TPSA) is 70.4 Å². The van der Waals surface area contributed by atoms with E-state index in [1.165, 1.54) is 32.5 Å². The lowest BCUT2D eigenvalue weighted by Gasteiger charge is -2.11. The van der Waals surface area contributed by atoms with E-state index >= 15 is 0 Å². The van der Waals surface area contributed by atoms with Gasteiger partial charge in [0, 0.05) is 28.3 Å². The van der Waals surface area contributed by atoms with Crippen molar-refractivity contribution in [2.45, 2.75) is 4.90 Å². The molecule has 0 spiro atoms. The first-order chi connectivity index (χ1) is 11.0. The molecule has 0 unspecified atom stereocenters. The summed E-state index contributed by atoms with van der Waals surface area (Å²) in [4.78, 5) is 4.28. The number of rotatable bonds is 4. The largest absolute Gasteiger partial charge is 0.493 e. The van der Waals surface area contributed by atoms with Gasteiger partial charge in [0.05, 0.1) is 19.1 Å². The molecule has 2 heterocycles. The van der Waals surface area contributed by atoms with Crippen molar-refractivity contribution >= 4 is 37.0 Å². The maximum atomic E-state index is 12.9. The Morgan fingerprint density at radius 3 is 2.52 bits per heavy atom. The van der Waals surface area contributed by atoms with Crippen molar-refractivity contribution in [3.63, 3.8) is 0 Å². The SMILES string of the molecule is COc1ccc(S(=O)(=O)n2ccc3cc(Br)cnc32)cc1OC. The Morgan fingerprint density at radius 1 is 1.09 bits per heavy atom. The number of halogens is 1. The van der Waals surface area contributed by atoms with Crippen LogP contribution in [0, 0.1) is 0 Å². The van der Waals surface area contributed by atoms with Crippen LogP contribution in [-0.2, 0) is 10.0 Å². The Bertz CT molecular complexity index is 982. The van der Waals surface area contributed by atoms with E-state index in [9.17, 15) is 8.42 Å². The van der Waals surface area contributed by atoms with Crippen molar-refractivity contribution in [3.05, 3.63) is 47.2 Å². The first-order valence-electron chi connectivity index (χ1n) is 6.57. The zero-order valence-corrected chi connectivity index (χ0v) is 14.8. The van der Waals surface area contributed by atoms with Crippen molar-refractivity contribution in [1.82, 2.24) is 8.96 Å². The van der Waals surface area contributed by atoms with Gasteiger partial charge in [-0.3, -0.25) is 0 Å². The number of fused-ring (bicyclic) bond motifs is 1. The van der Waals surface area contributed by atoms with E-state index < -0.39 is 10.0 Å². The number of pyridine rings is 1. The van der Waals surface area contributed by atoms with Crippen LogP contribution in [0.25, 0.3) is 11.0 Å². The average molecular weight is 397 g/mol. The highest BCUT2D eigenvalue weighted by Gasteiger charge is 2.21. The van der Waals surface area contributed by atoms with E-state index in [1.54, 1.807) is 18.3 Å². The van der Waals surface area contributed by atoms with Crippen LogP contribution >= 0.6 is 15.9 Å². The van der Waals surface area contributed by atoms with Gasteiger partial charge in [-0.2, -0.15) is 0 Å². The number of aromatic nitrogens is 2. The van der Waals surface area contributed by atoms with Gasteiger partial charge in [-0.05, 0) is 40.2 Å². The van der Waals surface area contributed by atoms with E-state index in [2.05, 4.69) is 20.9 Å². The lowest BCUT2D eigenvalue weighted by molar-refractivity contribution is 0.354. The molecule has 0 atom stereocenters. The molecule has 0 amide bonds. The first kappa shape index (κ1) is 15.8. The fraction of sp³-hybridized carbons (Fsp3) is 0.133. The van der Waals surface area contributed by atoms with Gasteiger partial charge < -0.3 is 9.47 Å². The third kappa shape index (κ3) is 2.68. The van der Waals surface area contributed by atoms with E-state index in [0.717, 1.165) is 13.8 Å². The number of nitrogens with zero attached hydrogens (tertiary/aromatic N) is 2. The molecule has 0 aliphatic rings. The highest BCUT2D eigenvalue weighted by molar-refractivity contribution is 9.10. The number of hydrogen-bond acceptors (Lipinski definition) is 5. The summed E-state index contributed by atoms with van der Waals surface area (Å²) in [5.41, 5.74) is 0.364. The van der Waals surface area contributed by atoms with E-state index in [4.69, 9.17) is 9.47 Å². The smallest absolute Gasteiger partial charge is 0.269 e. The monoisotopic (exact) mass is 396 g/mol. The van der Waals surface area contributed by atoms with Crippen LogP contribution < -0.4 is 9.47 Å². The maximum absolute atomic E-state index is 12.9. The molecule has 0 radical (unpaired) electrons. The second kappa shape index (κ2) is 5.86. The average Bonchev–Trinajstić information content (AvgIpc) is 2.97. The van der Waals surface area contributed by atoms with Gasteiger partial charge in [-0.25, -0.2) is 17.4 Å². The quantitative estimate of drug-likeness (QED) is 0.677. The molecule has 120 valence electrons.